The lowest BCUT2D eigenvalue weighted by atomic mass is 10.1. The smallest absolute Gasteiger partial charge is 0.244 e. The zero-order valence-corrected chi connectivity index (χ0v) is 15.7. The molecular weight excluding hydrogens is 399 g/mol. The third-order valence-electron chi connectivity index (χ3n) is 3.22. The second-order valence-corrected chi connectivity index (χ2v) is 5.66. The number of hydrogen-bond donors (Lipinski definition) is 2. The van der Waals surface area contributed by atoms with Gasteiger partial charge in [-0.05, 0) is 37.3 Å². The predicted molar refractivity (Wildman–Crippen MR) is 98.5 cm³/mol. The molecule has 0 aromatic carbocycles. The maximum absolute atomic E-state index is 12.2. The lowest BCUT2D eigenvalue weighted by Crippen LogP contribution is -2.40. The molecule has 2 N–H and O–H groups in total. The molecule has 7 heteroatoms. The normalized spacial score (nSPS) is 13.0. The molecule has 0 saturated carbocycles. The quantitative estimate of drug-likeness (QED) is 0.442. The number of nitrogens with one attached hydrogen (secondary N) is 2. The highest BCUT2D eigenvalue weighted by atomic mass is 127. The highest BCUT2D eigenvalue weighted by Gasteiger charge is 2.20. The molecule has 0 saturated heterocycles. The van der Waals surface area contributed by atoms with Crippen molar-refractivity contribution in [1.82, 2.24) is 15.5 Å². The molecule has 1 aromatic rings. The van der Waals surface area contributed by atoms with E-state index in [9.17, 15) is 4.79 Å². The van der Waals surface area contributed by atoms with Crippen LogP contribution in [0, 0.1) is 0 Å². The van der Waals surface area contributed by atoms with Gasteiger partial charge in [0.15, 0.2) is 5.96 Å². The summed E-state index contributed by atoms with van der Waals surface area (Å²) in [5.74, 6) is 0.798. The van der Waals surface area contributed by atoms with E-state index in [1.54, 1.807) is 11.3 Å². The second-order valence-electron chi connectivity index (χ2n) is 4.66. The number of halogens is 1. The molecule has 0 aliphatic carbocycles. The number of fused-ring (bicyclic) bond motifs is 1. The van der Waals surface area contributed by atoms with E-state index >= 15 is 0 Å². The fraction of sp³-hybridized carbons (Fsp3) is 0.571. The summed E-state index contributed by atoms with van der Waals surface area (Å²) in [6.07, 6.45) is 0.968. The summed E-state index contributed by atoms with van der Waals surface area (Å²) in [4.78, 5) is 19.8. The summed E-state index contributed by atoms with van der Waals surface area (Å²) in [5, 5.41) is 8.35. The van der Waals surface area contributed by atoms with E-state index in [0.717, 1.165) is 32.6 Å². The topological polar surface area (TPSA) is 56.7 Å². The lowest BCUT2D eigenvalue weighted by Gasteiger charge is -2.26. The van der Waals surface area contributed by atoms with Gasteiger partial charge in [-0.2, -0.15) is 0 Å². The summed E-state index contributed by atoms with van der Waals surface area (Å²) >= 11 is 1.79. The summed E-state index contributed by atoms with van der Waals surface area (Å²) in [7, 11) is 0. The Morgan fingerprint density at radius 3 is 2.76 bits per heavy atom. The molecule has 21 heavy (non-hydrogen) atoms. The standard InChI is InChI=1S/C14H22N4OS.HI/c1-3-15-14(16-4-2)17-9-13(19)18-7-5-12-11(10-18)6-8-20-12;/h6,8H,3-5,7,9-10H2,1-2H3,(H2,15,16,17);1H. The first-order chi connectivity index (χ1) is 9.74. The number of nitrogens with zero attached hydrogens (tertiary/aromatic N) is 2. The number of hydrogen-bond acceptors (Lipinski definition) is 3. The molecule has 2 rings (SSSR count). The van der Waals surface area contributed by atoms with Crippen molar-refractivity contribution >= 4 is 47.2 Å². The van der Waals surface area contributed by atoms with Crippen molar-refractivity contribution < 1.29 is 4.79 Å². The van der Waals surface area contributed by atoms with Gasteiger partial charge < -0.3 is 15.5 Å². The summed E-state index contributed by atoms with van der Waals surface area (Å²) < 4.78 is 0. The van der Waals surface area contributed by atoms with E-state index in [0.29, 0.717) is 5.96 Å². The number of guanidine groups is 1. The van der Waals surface area contributed by atoms with Crippen molar-refractivity contribution in [1.29, 1.82) is 0 Å². The first kappa shape index (κ1) is 18.2. The Bertz CT molecular complexity index is 481. The Kier molecular flexibility index (Phi) is 8.02. The zero-order valence-electron chi connectivity index (χ0n) is 12.5. The summed E-state index contributed by atoms with van der Waals surface area (Å²) in [5.41, 5.74) is 1.29. The number of carbonyl (C=O) groups excluding carboxylic acids is 1. The first-order valence-electron chi connectivity index (χ1n) is 7.09. The minimum atomic E-state index is 0. The van der Waals surface area contributed by atoms with Crippen LogP contribution >= 0.6 is 35.3 Å². The van der Waals surface area contributed by atoms with Crippen LogP contribution in [0.25, 0.3) is 0 Å². The number of amides is 1. The maximum atomic E-state index is 12.2. The molecular formula is C14H23IN4OS. The summed E-state index contributed by atoms with van der Waals surface area (Å²) in [6.45, 7) is 7.35. The van der Waals surface area contributed by atoms with Gasteiger partial charge in [0.2, 0.25) is 5.91 Å². The third kappa shape index (κ3) is 5.14. The lowest BCUT2D eigenvalue weighted by molar-refractivity contribution is -0.130. The van der Waals surface area contributed by atoms with Crippen molar-refractivity contribution in [3.63, 3.8) is 0 Å². The molecule has 0 unspecified atom stereocenters. The number of rotatable bonds is 4. The third-order valence-corrected chi connectivity index (χ3v) is 4.24. The van der Waals surface area contributed by atoms with Gasteiger partial charge in [0.1, 0.15) is 6.54 Å². The maximum Gasteiger partial charge on any atom is 0.244 e. The van der Waals surface area contributed by atoms with Gasteiger partial charge in [-0.3, -0.25) is 4.79 Å². The fourth-order valence-electron chi connectivity index (χ4n) is 2.22. The molecule has 2 heterocycles. The largest absolute Gasteiger partial charge is 0.357 e. The van der Waals surface area contributed by atoms with Crippen LogP contribution in [-0.4, -0.2) is 42.9 Å². The van der Waals surface area contributed by atoms with Gasteiger partial charge in [-0.15, -0.1) is 35.3 Å². The van der Waals surface area contributed by atoms with Crippen LogP contribution < -0.4 is 10.6 Å². The van der Waals surface area contributed by atoms with Crippen LogP contribution in [0.3, 0.4) is 0 Å². The Hall–Kier alpha value is -0.830. The fourth-order valence-corrected chi connectivity index (χ4v) is 3.11. The van der Waals surface area contributed by atoms with Crippen LogP contribution in [0.4, 0.5) is 0 Å². The molecule has 0 fully saturated rings. The monoisotopic (exact) mass is 422 g/mol. The van der Waals surface area contributed by atoms with Crippen LogP contribution in [0.15, 0.2) is 16.4 Å². The average molecular weight is 422 g/mol. The van der Waals surface area contributed by atoms with Crippen LogP contribution in [-0.2, 0) is 17.8 Å². The van der Waals surface area contributed by atoms with E-state index in [1.807, 2.05) is 18.7 Å². The molecule has 0 atom stereocenters. The molecule has 0 bridgehead atoms. The van der Waals surface area contributed by atoms with Gasteiger partial charge in [0, 0.05) is 31.1 Å². The molecule has 1 aromatic heterocycles. The predicted octanol–water partition coefficient (Wildman–Crippen LogP) is 1.83. The molecule has 5 nitrogen and oxygen atoms in total. The van der Waals surface area contributed by atoms with Crippen molar-refractivity contribution in [2.24, 2.45) is 4.99 Å². The van der Waals surface area contributed by atoms with E-state index in [1.165, 1.54) is 10.4 Å². The number of carbonyl (C=O) groups is 1. The van der Waals surface area contributed by atoms with Gasteiger partial charge >= 0.3 is 0 Å². The first-order valence-corrected chi connectivity index (χ1v) is 7.97. The Morgan fingerprint density at radius 1 is 1.38 bits per heavy atom. The molecule has 1 aliphatic heterocycles. The highest BCUT2D eigenvalue weighted by Crippen LogP contribution is 2.23. The minimum absolute atomic E-state index is 0. The van der Waals surface area contributed by atoms with E-state index in [2.05, 4.69) is 27.1 Å². The van der Waals surface area contributed by atoms with Gasteiger partial charge in [0.05, 0.1) is 0 Å². The zero-order chi connectivity index (χ0) is 14.4. The number of aliphatic imine (C=N–C) groups is 1. The van der Waals surface area contributed by atoms with Gasteiger partial charge in [0.25, 0.3) is 0 Å². The Morgan fingerprint density at radius 2 is 2.10 bits per heavy atom. The SMILES string of the molecule is CCNC(=NCC(=O)N1CCc2sccc2C1)NCC.I. The average Bonchev–Trinajstić information content (AvgIpc) is 2.92. The summed E-state index contributed by atoms with van der Waals surface area (Å²) in [6, 6.07) is 2.12. The minimum Gasteiger partial charge on any atom is -0.357 e. The van der Waals surface area contributed by atoms with Crippen molar-refractivity contribution in [3.8, 4) is 0 Å². The number of thiophene rings is 1. The van der Waals surface area contributed by atoms with Crippen molar-refractivity contribution in [2.75, 3.05) is 26.2 Å². The van der Waals surface area contributed by atoms with Gasteiger partial charge in [-0.1, -0.05) is 0 Å². The van der Waals surface area contributed by atoms with Crippen molar-refractivity contribution in [2.45, 2.75) is 26.8 Å². The van der Waals surface area contributed by atoms with Crippen LogP contribution in [0.2, 0.25) is 0 Å². The molecule has 0 radical (unpaired) electrons. The molecule has 0 spiro atoms. The van der Waals surface area contributed by atoms with E-state index in [-0.39, 0.29) is 36.4 Å². The van der Waals surface area contributed by atoms with E-state index in [4.69, 9.17) is 0 Å². The Balaban J connectivity index is 0.00000220. The molecule has 1 aliphatic rings. The Labute approximate surface area is 147 Å². The van der Waals surface area contributed by atoms with E-state index < -0.39 is 0 Å². The van der Waals surface area contributed by atoms with Gasteiger partial charge in [-0.25, -0.2) is 4.99 Å². The van der Waals surface area contributed by atoms with Crippen LogP contribution in [0.1, 0.15) is 24.3 Å². The second kappa shape index (κ2) is 9.24. The van der Waals surface area contributed by atoms with Crippen molar-refractivity contribution in [3.05, 3.63) is 21.9 Å². The highest BCUT2D eigenvalue weighted by molar-refractivity contribution is 14.0. The van der Waals surface area contributed by atoms with Crippen LogP contribution in [0.5, 0.6) is 0 Å². The molecule has 118 valence electrons. The molecule has 1 amide bonds.